The van der Waals surface area contributed by atoms with Crippen LogP contribution in [0.1, 0.15) is 43.0 Å². The van der Waals surface area contributed by atoms with E-state index in [4.69, 9.17) is 5.73 Å². The first-order valence-electron chi connectivity index (χ1n) is 9.23. The summed E-state index contributed by atoms with van der Waals surface area (Å²) in [6, 6.07) is 7.22. The number of carbonyl (C=O) groups is 2. The van der Waals surface area contributed by atoms with E-state index in [9.17, 15) is 9.59 Å². The van der Waals surface area contributed by atoms with Crippen LogP contribution in [-0.4, -0.2) is 59.9 Å². The number of nitrogens with one attached hydrogen (secondary N) is 1. The van der Waals surface area contributed by atoms with Gasteiger partial charge in [-0.2, -0.15) is 0 Å². The summed E-state index contributed by atoms with van der Waals surface area (Å²) in [5, 5.41) is 2.93. The molecule has 136 valence electrons. The Hall–Kier alpha value is -1.92. The molecular weight excluding hydrogens is 316 g/mol. The Morgan fingerprint density at radius 2 is 1.68 bits per heavy atom. The maximum absolute atomic E-state index is 12.5. The average molecular weight is 344 g/mol. The van der Waals surface area contributed by atoms with Crippen LogP contribution in [0.5, 0.6) is 0 Å². The van der Waals surface area contributed by atoms with E-state index in [0.717, 1.165) is 25.9 Å². The van der Waals surface area contributed by atoms with Gasteiger partial charge in [0.2, 0.25) is 11.8 Å². The number of rotatable bonds is 5. The van der Waals surface area contributed by atoms with Gasteiger partial charge in [0.25, 0.3) is 0 Å². The van der Waals surface area contributed by atoms with Crippen LogP contribution in [0.25, 0.3) is 0 Å². The van der Waals surface area contributed by atoms with Crippen molar-refractivity contribution in [2.75, 3.05) is 31.5 Å². The Balaban J connectivity index is 1.49. The van der Waals surface area contributed by atoms with Crippen molar-refractivity contribution in [2.24, 2.45) is 5.73 Å². The predicted molar refractivity (Wildman–Crippen MR) is 98.5 cm³/mol. The molecule has 2 heterocycles. The fourth-order valence-corrected chi connectivity index (χ4v) is 3.88. The monoisotopic (exact) mass is 344 g/mol. The number of nitrogens with zero attached hydrogens (tertiary/aromatic N) is 2. The molecular formula is C19H28N4O2. The summed E-state index contributed by atoms with van der Waals surface area (Å²) in [5.74, 6) is -0.474. The third kappa shape index (κ3) is 4.38. The highest BCUT2D eigenvalue weighted by atomic mass is 16.2. The predicted octanol–water partition coefficient (Wildman–Crippen LogP) is 1.67. The standard InChI is InChI=1S/C19H28N4O2/c1-14(19(25)21-16-6-4-15(5-7-16)18(20)24)22-12-8-17(9-13-22)23-10-2-3-11-23/h4-7,14,17H,2-3,8-13H2,1H3,(H2,20,24)(H,21,25). The van der Waals surface area contributed by atoms with E-state index in [1.165, 1.54) is 25.9 Å². The van der Waals surface area contributed by atoms with Crippen LogP contribution >= 0.6 is 0 Å². The van der Waals surface area contributed by atoms with Crippen molar-refractivity contribution in [3.63, 3.8) is 0 Å². The minimum Gasteiger partial charge on any atom is -0.366 e. The number of piperidine rings is 1. The number of nitrogens with two attached hydrogens (primary N) is 1. The van der Waals surface area contributed by atoms with Crippen LogP contribution in [0.3, 0.4) is 0 Å². The summed E-state index contributed by atoms with van der Waals surface area (Å²) in [6.45, 7) is 6.38. The molecule has 0 saturated carbocycles. The quantitative estimate of drug-likeness (QED) is 0.852. The van der Waals surface area contributed by atoms with Gasteiger partial charge in [-0.05, 0) is 70.0 Å². The first kappa shape index (κ1) is 17.9. The van der Waals surface area contributed by atoms with E-state index in [1.807, 2.05) is 6.92 Å². The molecule has 3 N–H and O–H groups in total. The molecule has 0 spiro atoms. The second-order valence-electron chi connectivity index (χ2n) is 7.12. The van der Waals surface area contributed by atoms with Crippen LogP contribution in [0.2, 0.25) is 0 Å². The van der Waals surface area contributed by atoms with Gasteiger partial charge in [-0.3, -0.25) is 14.5 Å². The van der Waals surface area contributed by atoms with Gasteiger partial charge in [0.1, 0.15) is 0 Å². The molecule has 0 aromatic heterocycles. The molecule has 0 radical (unpaired) electrons. The molecule has 2 amide bonds. The molecule has 6 heteroatoms. The van der Waals surface area contributed by atoms with Crippen LogP contribution in [0.4, 0.5) is 5.69 Å². The smallest absolute Gasteiger partial charge is 0.248 e. The first-order chi connectivity index (χ1) is 12.0. The van der Waals surface area contributed by atoms with E-state index in [2.05, 4.69) is 15.1 Å². The van der Waals surface area contributed by atoms with Crippen molar-refractivity contribution < 1.29 is 9.59 Å². The molecule has 1 atom stereocenters. The van der Waals surface area contributed by atoms with E-state index < -0.39 is 5.91 Å². The van der Waals surface area contributed by atoms with Gasteiger partial charge < -0.3 is 16.0 Å². The van der Waals surface area contributed by atoms with Crippen LogP contribution in [0.15, 0.2) is 24.3 Å². The van der Waals surface area contributed by atoms with Gasteiger partial charge in [0, 0.05) is 30.4 Å². The lowest BCUT2D eigenvalue weighted by Gasteiger charge is -2.38. The fourth-order valence-electron chi connectivity index (χ4n) is 3.88. The zero-order valence-electron chi connectivity index (χ0n) is 14.9. The molecule has 2 aliphatic rings. The Morgan fingerprint density at radius 3 is 2.24 bits per heavy atom. The van der Waals surface area contributed by atoms with Crippen molar-refractivity contribution in [1.82, 2.24) is 9.80 Å². The van der Waals surface area contributed by atoms with Gasteiger partial charge >= 0.3 is 0 Å². The van der Waals surface area contributed by atoms with Gasteiger partial charge in [-0.1, -0.05) is 0 Å². The minimum atomic E-state index is -0.466. The molecule has 1 aromatic rings. The van der Waals surface area contributed by atoms with Crippen molar-refractivity contribution >= 4 is 17.5 Å². The largest absolute Gasteiger partial charge is 0.366 e. The Morgan fingerprint density at radius 1 is 1.08 bits per heavy atom. The SMILES string of the molecule is CC(C(=O)Nc1ccc(C(N)=O)cc1)N1CCC(N2CCCC2)CC1. The molecule has 3 rings (SSSR count). The molecule has 2 saturated heterocycles. The third-order valence-electron chi connectivity index (χ3n) is 5.52. The van der Waals surface area contributed by atoms with E-state index in [0.29, 0.717) is 17.3 Å². The highest BCUT2D eigenvalue weighted by Crippen LogP contribution is 2.22. The molecule has 2 aliphatic heterocycles. The van der Waals surface area contributed by atoms with Gasteiger partial charge in [0.05, 0.1) is 6.04 Å². The molecule has 0 bridgehead atoms. The van der Waals surface area contributed by atoms with Crippen LogP contribution in [0, 0.1) is 0 Å². The Bertz CT molecular complexity index is 602. The van der Waals surface area contributed by atoms with Gasteiger partial charge in [0.15, 0.2) is 0 Å². The number of benzene rings is 1. The summed E-state index contributed by atoms with van der Waals surface area (Å²) in [6.07, 6.45) is 4.94. The fraction of sp³-hybridized carbons (Fsp3) is 0.579. The van der Waals surface area contributed by atoms with Gasteiger partial charge in [-0.25, -0.2) is 0 Å². The minimum absolute atomic E-state index is 0.00792. The van der Waals surface area contributed by atoms with E-state index in [1.54, 1.807) is 24.3 Å². The summed E-state index contributed by atoms with van der Waals surface area (Å²) in [5.41, 5.74) is 6.36. The maximum Gasteiger partial charge on any atom is 0.248 e. The van der Waals surface area contributed by atoms with Crippen LogP contribution < -0.4 is 11.1 Å². The number of hydrogen-bond donors (Lipinski definition) is 2. The number of primary amides is 1. The lowest BCUT2D eigenvalue weighted by molar-refractivity contribution is -0.121. The summed E-state index contributed by atoms with van der Waals surface area (Å²) in [7, 11) is 0. The molecule has 2 fully saturated rings. The molecule has 6 nitrogen and oxygen atoms in total. The third-order valence-corrected chi connectivity index (χ3v) is 5.52. The zero-order chi connectivity index (χ0) is 17.8. The van der Waals surface area contributed by atoms with Crippen molar-refractivity contribution in [3.8, 4) is 0 Å². The summed E-state index contributed by atoms with van der Waals surface area (Å²) < 4.78 is 0. The highest BCUT2D eigenvalue weighted by Gasteiger charge is 2.30. The Labute approximate surface area is 149 Å². The second kappa shape index (κ2) is 7.97. The first-order valence-corrected chi connectivity index (χ1v) is 9.23. The maximum atomic E-state index is 12.5. The normalized spacial score (nSPS) is 21.2. The molecule has 1 unspecified atom stereocenters. The van der Waals surface area contributed by atoms with Crippen LogP contribution in [-0.2, 0) is 4.79 Å². The van der Waals surface area contributed by atoms with E-state index in [-0.39, 0.29) is 11.9 Å². The number of anilines is 1. The number of amides is 2. The molecule has 1 aromatic carbocycles. The lowest BCUT2D eigenvalue weighted by atomic mass is 10.0. The zero-order valence-corrected chi connectivity index (χ0v) is 14.9. The lowest BCUT2D eigenvalue weighted by Crippen LogP contribution is -2.50. The van der Waals surface area contributed by atoms with Crippen molar-refractivity contribution in [1.29, 1.82) is 0 Å². The van der Waals surface area contributed by atoms with Crippen molar-refractivity contribution in [2.45, 2.75) is 44.7 Å². The van der Waals surface area contributed by atoms with Gasteiger partial charge in [-0.15, -0.1) is 0 Å². The second-order valence-corrected chi connectivity index (χ2v) is 7.12. The Kier molecular flexibility index (Phi) is 5.71. The number of carbonyl (C=O) groups excluding carboxylic acids is 2. The highest BCUT2D eigenvalue weighted by molar-refractivity contribution is 5.96. The average Bonchev–Trinajstić information content (AvgIpc) is 3.16. The summed E-state index contributed by atoms with van der Waals surface area (Å²) in [4.78, 5) is 28.5. The number of hydrogen-bond acceptors (Lipinski definition) is 4. The molecule has 0 aliphatic carbocycles. The van der Waals surface area contributed by atoms with Crippen molar-refractivity contribution in [3.05, 3.63) is 29.8 Å². The topological polar surface area (TPSA) is 78.7 Å². The molecule has 25 heavy (non-hydrogen) atoms. The number of likely N-dealkylation sites (tertiary alicyclic amines) is 2. The summed E-state index contributed by atoms with van der Waals surface area (Å²) >= 11 is 0. The van der Waals surface area contributed by atoms with E-state index >= 15 is 0 Å².